The fourth-order valence-corrected chi connectivity index (χ4v) is 2.14. The summed E-state index contributed by atoms with van der Waals surface area (Å²) < 4.78 is 19.0. The molecule has 2 aromatic carbocycles. The molecule has 1 atom stereocenters. The van der Waals surface area contributed by atoms with Crippen LogP contribution < -0.4 is 4.74 Å². The molecule has 0 spiro atoms. The Labute approximate surface area is 125 Å². The Bertz CT molecular complexity index is 589. The Balaban J connectivity index is 2.10. The zero-order chi connectivity index (χ0) is 15.4. The molecule has 0 aliphatic rings. The number of hydrogen-bond donors (Lipinski definition) is 1. The Morgan fingerprint density at radius 1 is 1.05 bits per heavy atom. The number of aliphatic hydroxyl groups excluding tert-OH is 1. The average Bonchev–Trinajstić information content (AvgIpc) is 2.45. The van der Waals surface area contributed by atoms with Crippen LogP contribution >= 0.6 is 0 Å². The van der Waals surface area contributed by atoms with Crippen molar-refractivity contribution in [1.82, 2.24) is 0 Å². The molecule has 0 aromatic heterocycles. The molecule has 0 saturated heterocycles. The number of benzene rings is 2. The van der Waals surface area contributed by atoms with Gasteiger partial charge in [-0.05, 0) is 36.1 Å². The minimum Gasteiger partial charge on any atom is -0.488 e. The SMILES string of the molecule is CC(C)c1ccc(COc2cc(F)ccc2[C@@H](C)O)cc1. The van der Waals surface area contributed by atoms with Gasteiger partial charge in [-0.15, -0.1) is 0 Å². The summed E-state index contributed by atoms with van der Waals surface area (Å²) in [7, 11) is 0. The van der Waals surface area contributed by atoms with E-state index >= 15 is 0 Å². The molecule has 0 radical (unpaired) electrons. The van der Waals surface area contributed by atoms with E-state index in [2.05, 4.69) is 26.0 Å². The maximum absolute atomic E-state index is 13.3. The van der Waals surface area contributed by atoms with Gasteiger partial charge in [0, 0.05) is 11.6 Å². The van der Waals surface area contributed by atoms with E-state index in [1.54, 1.807) is 13.0 Å². The normalized spacial score (nSPS) is 12.5. The minimum absolute atomic E-state index is 0.349. The first kappa shape index (κ1) is 15.5. The van der Waals surface area contributed by atoms with Crippen molar-refractivity contribution in [1.29, 1.82) is 0 Å². The molecule has 3 heteroatoms. The molecular weight excluding hydrogens is 267 g/mol. The lowest BCUT2D eigenvalue weighted by Crippen LogP contribution is -2.02. The summed E-state index contributed by atoms with van der Waals surface area (Å²) >= 11 is 0. The summed E-state index contributed by atoms with van der Waals surface area (Å²) in [6, 6.07) is 12.4. The number of ether oxygens (including phenoxy) is 1. The highest BCUT2D eigenvalue weighted by Crippen LogP contribution is 2.27. The van der Waals surface area contributed by atoms with Crippen molar-refractivity contribution in [2.75, 3.05) is 0 Å². The van der Waals surface area contributed by atoms with Gasteiger partial charge >= 0.3 is 0 Å². The van der Waals surface area contributed by atoms with Crippen LogP contribution in [0.15, 0.2) is 42.5 Å². The van der Waals surface area contributed by atoms with Gasteiger partial charge in [0.25, 0.3) is 0 Å². The Hall–Kier alpha value is -1.87. The fraction of sp³-hybridized carbons (Fsp3) is 0.333. The third-order valence-corrected chi connectivity index (χ3v) is 3.47. The maximum atomic E-state index is 13.3. The smallest absolute Gasteiger partial charge is 0.128 e. The second-order valence-electron chi connectivity index (χ2n) is 5.54. The van der Waals surface area contributed by atoms with Crippen LogP contribution in [0.4, 0.5) is 4.39 Å². The zero-order valence-electron chi connectivity index (χ0n) is 12.6. The van der Waals surface area contributed by atoms with Crippen LogP contribution in [-0.4, -0.2) is 5.11 Å². The number of halogens is 1. The van der Waals surface area contributed by atoms with Crippen LogP contribution in [0.25, 0.3) is 0 Å². The molecule has 2 nitrogen and oxygen atoms in total. The van der Waals surface area contributed by atoms with Crippen LogP contribution in [0.2, 0.25) is 0 Å². The fourth-order valence-electron chi connectivity index (χ4n) is 2.14. The molecule has 0 heterocycles. The van der Waals surface area contributed by atoms with Crippen LogP contribution in [0.3, 0.4) is 0 Å². The van der Waals surface area contributed by atoms with Crippen molar-refractivity contribution in [2.24, 2.45) is 0 Å². The molecule has 0 saturated carbocycles. The third-order valence-electron chi connectivity index (χ3n) is 3.47. The second-order valence-corrected chi connectivity index (χ2v) is 5.54. The van der Waals surface area contributed by atoms with Gasteiger partial charge in [0.15, 0.2) is 0 Å². The molecule has 2 rings (SSSR count). The number of hydrogen-bond acceptors (Lipinski definition) is 2. The first-order chi connectivity index (χ1) is 9.97. The lowest BCUT2D eigenvalue weighted by molar-refractivity contribution is 0.190. The van der Waals surface area contributed by atoms with E-state index in [0.29, 0.717) is 23.8 Å². The van der Waals surface area contributed by atoms with Gasteiger partial charge in [-0.2, -0.15) is 0 Å². The second kappa shape index (κ2) is 6.72. The van der Waals surface area contributed by atoms with Crippen LogP contribution in [0.5, 0.6) is 5.75 Å². The molecule has 1 N–H and O–H groups in total. The summed E-state index contributed by atoms with van der Waals surface area (Å²) in [6.07, 6.45) is -0.691. The maximum Gasteiger partial charge on any atom is 0.128 e. The standard InChI is InChI=1S/C18H21FO2/c1-12(2)15-6-4-14(5-7-15)11-21-18-10-16(19)8-9-17(18)13(3)20/h4-10,12-13,20H,11H2,1-3H3/t13-/m1/s1. The minimum atomic E-state index is -0.691. The predicted octanol–water partition coefficient (Wildman–Crippen LogP) is 4.58. The molecule has 0 aliphatic heterocycles. The summed E-state index contributed by atoms with van der Waals surface area (Å²) in [4.78, 5) is 0. The van der Waals surface area contributed by atoms with Gasteiger partial charge in [-0.3, -0.25) is 0 Å². The lowest BCUT2D eigenvalue weighted by atomic mass is 10.0. The highest BCUT2D eigenvalue weighted by Gasteiger charge is 2.10. The van der Waals surface area contributed by atoms with E-state index < -0.39 is 6.10 Å². The molecule has 21 heavy (non-hydrogen) atoms. The quantitative estimate of drug-likeness (QED) is 0.872. The van der Waals surface area contributed by atoms with Crippen molar-refractivity contribution in [3.63, 3.8) is 0 Å². The topological polar surface area (TPSA) is 29.5 Å². The summed E-state index contributed by atoms with van der Waals surface area (Å²) in [5, 5.41) is 9.69. The van der Waals surface area contributed by atoms with Crippen molar-refractivity contribution in [3.05, 3.63) is 65.0 Å². The van der Waals surface area contributed by atoms with Gasteiger partial charge in [-0.25, -0.2) is 4.39 Å². The first-order valence-electron chi connectivity index (χ1n) is 7.16. The summed E-state index contributed by atoms with van der Waals surface area (Å²) in [6.45, 7) is 6.28. The third kappa shape index (κ3) is 4.05. The molecular formula is C18H21FO2. The van der Waals surface area contributed by atoms with Gasteiger partial charge < -0.3 is 9.84 Å². The van der Waals surface area contributed by atoms with E-state index in [1.165, 1.54) is 17.7 Å². The van der Waals surface area contributed by atoms with E-state index in [0.717, 1.165) is 5.56 Å². The van der Waals surface area contributed by atoms with Crippen LogP contribution in [0, 0.1) is 5.82 Å². The van der Waals surface area contributed by atoms with Crippen LogP contribution in [0.1, 0.15) is 49.5 Å². The number of aliphatic hydroxyl groups is 1. The molecule has 0 bridgehead atoms. The van der Waals surface area contributed by atoms with Crippen molar-refractivity contribution in [3.8, 4) is 5.75 Å². The Kier molecular flexibility index (Phi) is 4.97. The predicted molar refractivity (Wildman–Crippen MR) is 81.9 cm³/mol. The van der Waals surface area contributed by atoms with Gasteiger partial charge in [0.1, 0.15) is 18.2 Å². The molecule has 0 fully saturated rings. The summed E-state index contributed by atoms with van der Waals surface area (Å²) in [5.41, 5.74) is 2.88. The highest BCUT2D eigenvalue weighted by atomic mass is 19.1. The average molecular weight is 288 g/mol. The van der Waals surface area contributed by atoms with E-state index in [-0.39, 0.29) is 5.82 Å². The lowest BCUT2D eigenvalue weighted by Gasteiger charge is -2.14. The van der Waals surface area contributed by atoms with Gasteiger partial charge in [-0.1, -0.05) is 38.1 Å². The van der Waals surface area contributed by atoms with E-state index in [4.69, 9.17) is 4.74 Å². The first-order valence-corrected chi connectivity index (χ1v) is 7.16. The van der Waals surface area contributed by atoms with E-state index in [1.807, 2.05) is 12.1 Å². The molecule has 2 aromatic rings. The molecule has 112 valence electrons. The van der Waals surface area contributed by atoms with Gasteiger partial charge in [0.05, 0.1) is 6.10 Å². The van der Waals surface area contributed by atoms with Crippen molar-refractivity contribution >= 4 is 0 Å². The van der Waals surface area contributed by atoms with E-state index in [9.17, 15) is 9.50 Å². The number of rotatable bonds is 5. The largest absolute Gasteiger partial charge is 0.488 e. The Morgan fingerprint density at radius 2 is 1.71 bits per heavy atom. The Morgan fingerprint density at radius 3 is 2.29 bits per heavy atom. The van der Waals surface area contributed by atoms with Gasteiger partial charge in [0.2, 0.25) is 0 Å². The van der Waals surface area contributed by atoms with Crippen molar-refractivity contribution < 1.29 is 14.2 Å². The monoisotopic (exact) mass is 288 g/mol. The van der Waals surface area contributed by atoms with Crippen molar-refractivity contribution in [2.45, 2.75) is 39.4 Å². The summed E-state index contributed by atoms with van der Waals surface area (Å²) in [5.74, 6) is 0.507. The molecule has 0 unspecified atom stereocenters. The van der Waals surface area contributed by atoms with Crippen LogP contribution in [-0.2, 0) is 6.61 Å². The highest BCUT2D eigenvalue weighted by molar-refractivity contribution is 5.36. The zero-order valence-corrected chi connectivity index (χ0v) is 12.6. The molecule has 0 aliphatic carbocycles. The molecule has 0 amide bonds.